The second kappa shape index (κ2) is 5.47. The summed E-state index contributed by atoms with van der Waals surface area (Å²) in [5.41, 5.74) is 3.93. The van der Waals surface area contributed by atoms with Crippen LogP contribution in [0, 0.1) is 0 Å². The topological polar surface area (TPSA) is 49.8 Å². The summed E-state index contributed by atoms with van der Waals surface area (Å²) < 4.78 is 22.4. The van der Waals surface area contributed by atoms with E-state index in [4.69, 9.17) is 23.9 Å². The number of hydrogen-bond acceptors (Lipinski definition) is 5. The zero-order valence-electron chi connectivity index (χ0n) is 12.9. The molecule has 0 spiro atoms. The maximum atomic E-state index is 5.94. The van der Waals surface area contributed by atoms with Crippen LogP contribution in [0.5, 0.6) is 11.5 Å². The molecule has 3 aromatic rings. The summed E-state index contributed by atoms with van der Waals surface area (Å²) in [5, 5.41) is 1.12. The molecule has 0 bridgehead atoms. The predicted octanol–water partition coefficient (Wildman–Crippen LogP) is 3.71. The van der Waals surface area contributed by atoms with Crippen molar-refractivity contribution in [3.63, 3.8) is 0 Å². The molecule has 1 unspecified atom stereocenters. The standard InChI is InChI=1S/C19H15NO4/c1-2-4-15-13(3-1)8-14-10-22-19(18(14)20-15)21-9-12-5-6-16-17(7-12)24-11-23-16/h1-8,19H,9-11H2. The van der Waals surface area contributed by atoms with Crippen molar-refractivity contribution < 1.29 is 18.9 Å². The van der Waals surface area contributed by atoms with Gasteiger partial charge in [0, 0.05) is 10.9 Å². The molecule has 0 radical (unpaired) electrons. The van der Waals surface area contributed by atoms with Gasteiger partial charge in [0.25, 0.3) is 0 Å². The van der Waals surface area contributed by atoms with Gasteiger partial charge in [-0.05, 0) is 29.8 Å². The lowest BCUT2D eigenvalue weighted by Gasteiger charge is -2.12. The Labute approximate surface area is 138 Å². The highest BCUT2D eigenvalue weighted by Gasteiger charge is 2.26. The van der Waals surface area contributed by atoms with E-state index in [2.05, 4.69) is 12.1 Å². The average Bonchev–Trinajstić information content (AvgIpc) is 3.24. The van der Waals surface area contributed by atoms with E-state index in [0.29, 0.717) is 13.2 Å². The van der Waals surface area contributed by atoms with Gasteiger partial charge < -0.3 is 18.9 Å². The second-order valence-corrected chi connectivity index (χ2v) is 5.87. The minimum atomic E-state index is -0.435. The number of benzene rings is 2. The fraction of sp³-hybridized carbons (Fsp3) is 0.211. The summed E-state index contributed by atoms with van der Waals surface area (Å²) in [7, 11) is 0. The van der Waals surface area contributed by atoms with Crippen molar-refractivity contribution in [3.05, 3.63) is 65.4 Å². The Kier molecular flexibility index (Phi) is 3.14. The molecule has 5 heteroatoms. The Bertz CT molecular complexity index is 924. The Morgan fingerprint density at radius 1 is 1.04 bits per heavy atom. The summed E-state index contributed by atoms with van der Waals surface area (Å²) in [6.07, 6.45) is -0.435. The van der Waals surface area contributed by atoms with Gasteiger partial charge in [-0.15, -0.1) is 0 Å². The van der Waals surface area contributed by atoms with Crippen LogP contribution < -0.4 is 9.47 Å². The second-order valence-electron chi connectivity index (χ2n) is 5.87. The first-order valence-corrected chi connectivity index (χ1v) is 7.87. The van der Waals surface area contributed by atoms with Crippen LogP contribution in [0.15, 0.2) is 48.5 Å². The smallest absolute Gasteiger partial charge is 0.231 e. The number of ether oxygens (including phenoxy) is 4. The van der Waals surface area contributed by atoms with Crippen LogP contribution in [0.25, 0.3) is 10.9 Å². The average molecular weight is 321 g/mol. The lowest BCUT2D eigenvalue weighted by atomic mass is 10.1. The van der Waals surface area contributed by atoms with E-state index in [1.807, 2.05) is 36.4 Å². The summed E-state index contributed by atoms with van der Waals surface area (Å²) in [6, 6.07) is 16.0. The molecule has 24 heavy (non-hydrogen) atoms. The third-order valence-electron chi connectivity index (χ3n) is 4.29. The molecule has 0 aliphatic carbocycles. The van der Waals surface area contributed by atoms with Gasteiger partial charge in [0.05, 0.1) is 18.7 Å². The van der Waals surface area contributed by atoms with Crippen molar-refractivity contribution in [1.82, 2.24) is 4.98 Å². The minimum absolute atomic E-state index is 0.274. The third kappa shape index (κ3) is 2.29. The molecule has 2 aliphatic heterocycles. The molecule has 1 atom stereocenters. The van der Waals surface area contributed by atoms with E-state index in [-0.39, 0.29) is 6.79 Å². The molecule has 0 fully saturated rings. The summed E-state index contributed by atoms with van der Waals surface area (Å²) in [5.74, 6) is 1.53. The molecular weight excluding hydrogens is 306 g/mol. The van der Waals surface area contributed by atoms with Crippen LogP contribution in [-0.4, -0.2) is 11.8 Å². The Morgan fingerprint density at radius 3 is 2.96 bits per heavy atom. The Balaban J connectivity index is 1.37. The van der Waals surface area contributed by atoms with E-state index < -0.39 is 6.29 Å². The van der Waals surface area contributed by atoms with Crippen molar-refractivity contribution in [2.24, 2.45) is 0 Å². The third-order valence-corrected chi connectivity index (χ3v) is 4.29. The van der Waals surface area contributed by atoms with Crippen LogP contribution in [0.4, 0.5) is 0 Å². The number of aromatic nitrogens is 1. The normalized spacial score (nSPS) is 18.1. The lowest BCUT2D eigenvalue weighted by Crippen LogP contribution is -2.04. The quantitative estimate of drug-likeness (QED) is 0.736. The number of rotatable bonds is 3. The number of nitrogens with zero attached hydrogens (tertiary/aromatic N) is 1. The number of pyridine rings is 1. The highest BCUT2D eigenvalue weighted by Crippen LogP contribution is 2.35. The van der Waals surface area contributed by atoms with Crippen LogP contribution in [0.2, 0.25) is 0 Å². The largest absolute Gasteiger partial charge is 0.454 e. The van der Waals surface area contributed by atoms with Crippen LogP contribution >= 0.6 is 0 Å². The fourth-order valence-electron chi connectivity index (χ4n) is 3.07. The number of hydrogen-bond donors (Lipinski definition) is 0. The van der Waals surface area contributed by atoms with Gasteiger partial charge in [0.2, 0.25) is 13.1 Å². The molecule has 3 heterocycles. The molecule has 0 saturated heterocycles. The van der Waals surface area contributed by atoms with Crippen molar-refractivity contribution in [1.29, 1.82) is 0 Å². The van der Waals surface area contributed by atoms with E-state index in [1.165, 1.54) is 0 Å². The molecule has 5 nitrogen and oxygen atoms in total. The molecule has 2 aliphatic rings. The van der Waals surface area contributed by atoms with Gasteiger partial charge in [-0.25, -0.2) is 4.98 Å². The highest BCUT2D eigenvalue weighted by molar-refractivity contribution is 5.79. The predicted molar refractivity (Wildman–Crippen MR) is 86.6 cm³/mol. The highest BCUT2D eigenvalue weighted by atomic mass is 16.7. The van der Waals surface area contributed by atoms with Gasteiger partial charge in [-0.3, -0.25) is 0 Å². The maximum Gasteiger partial charge on any atom is 0.231 e. The monoisotopic (exact) mass is 321 g/mol. The molecular formula is C19H15NO4. The fourth-order valence-corrected chi connectivity index (χ4v) is 3.07. The molecule has 0 saturated carbocycles. The number of para-hydroxylation sites is 1. The zero-order valence-corrected chi connectivity index (χ0v) is 12.9. The molecule has 5 rings (SSSR count). The zero-order chi connectivity index (χ0) is 15.9. The molecule has 120 valence electrons. The first kappa shape index (κ1) is 13.8. The van der Waals surface area contributed by atoms with Gasteiger partial charge in [-0.1, -0.05) is 24.3 Å². The minimum Gasteiger partial charge on any atom is -0.454 e. The summed E-state index contributed by atoms with van der Waals surface area (Å²) >= 11 is 0. The van der Waals surface area contributed by atoms with Crippen LogP contribution in [-0.2, 0) is 22.7 Å². The molecule has 0 amide bonds. The van der Waals surface area contributed by atoms with E-state index in [9.17, 15) is 0 Å². The lowest BCUT2D eigenvalue weighted by molar-refractivity contribution is -0.147. The molecule has 0 N–H and O–H groups in total. The molecule has 1 aromatic heterocycles. The van der Waals surface area contributed by atoms with Gasteiger partial charge in [0.15, 0.2) is 11.5 Å². The van der Waals surface area contributed by atoms with Gasteiger partial charge in [0.1, 0.15) is 5.69 Å². The summed E-state index contributed by atoms with van der Waals surface area (Å²) in [4.78, 5) is 4.71. The van der Waals surface area contributed by atoms with Crippen molar-refractivity contribution in [2.45, 2.75) is 19.5 Å². The van der Waals surface area contributed by atoms with Gasteiger partial charge in [-0.2, -0.15) is 0 Å². The summed E-state index contributed by atoms with van der Waals surface area (Å²) in [6.45, 7) is 1.23. The van der Waals surface area contributed by atoms with E-state index in [0.717, 1.165) is 39.2 Å². The van der Waals surface area contributed by atoms with Crippen LogP contribution in [0.1, 0.15) is 23.1 Å². The first-order valence-electron chi connectivity index (χ1n) is 7.87. The SMILES string of the molecule is c1ccc2nc3c(cc2c1)COC3OCc1ccc2c(c1)OCO2. The number of fused-ring (bicyclic) bond motifs is 3. The van der Waals surface area contributed by atoms with E-state index >= 15 is 0 Å². The Hall–Kier alpha value is -2.63. The van der Waals surface area contributed by atoms with Crippen molar-refractivity contribution in [2.75, 3.05) is 6.79 Å². The van der Waals surface area contributed by atoms with E-state index in [1.54, 1.807) is 0 Å². The Morgan fingerprint density at radius 2 is 1.96 bits per heavy atom. The van der Waals surface area contributed by atoms with Crippen molar-refractivity contribution >= 4 is 10.9 Å². The maximum absolute atomic E-state index is 5.94. The van der Waals surface area contributed by atoms with Crippen LogP contribution in [0.3, 0.4) is 0 Å². The molecule has 2 aromatic carbocycles. The van der Waals surface area contributed by atoms with Gasteiger partial charge >= 0.3 is 0 Å². The van der Waals surface area contributed by atoms with Crippen molar-refractivity contribution in [3.8, 4) is 11.5 Å². The first-order chi connectivity index (χ1) is 11.9.